The molecule has 1 aliphatic rings. The lowest BCUT2D eigenvalue weighted by molar-refractivity contribution is -0.116. The molecular formula is C20H14FNO4S. The Hall–Kier alpha value is -3.06. The average molecular weight is 383 g/mol. The van der Waals surface area contributed by atoms with Crippen LogP contribution >= 0.6 is 11.3 Å². The van der Waals surface area contributed by atoms with Gasteiger partial charge in [0, 0.05) is 27.8 Å². The number of rotatable bonds is 4. The van der Waals surface area contributed by atoms with Crippen LogP contribution in [0.15, 0.2) is 42.5 Å². The topological polar surface area (TPSA) is 72.5 Å². The maximum absolute atomic E-state index is 13.7. The number of carbonyl (C=O) groups is 3. The van der Waals surface area contributed by atoms with Crippen LogP contribution in [0.1, 0.15) is 32.0 Å². The second-order valence-electron chi connectivity index (χ2n) is 6.18. The van der Waals surface area contributed by atoms with E-state index >= 15 is 0 Å². The number of hydrogen-bond acceptors (Lipinski definition) is 5. The molecule has 4 rings (SSSR count). The summed E-state index contributed by atoms with van der Waals surface area (Å²) in [5.74, 6) is -1.44. The van der Waals surface area contributed by atoms with Crippen molar-refractivity contribution in [1.29, 1.82) is 0 Å². The second kappa shape index (κ2) is 6.92. The van der Waals surface area contributed by atoms with E-state index in [1.54, 1.807) is 30.3 Å². The van der Waals surface area contributed by atoms with Crippen molar-refractivity contribution in [2.45, 2.75) is 12.8 Å². The Morgan fingerprint density at radius 1 is 1.15 bits per heavy atom. The van der Waals surface area contributed by atoms with E-state index in [2.05, 4.69) is 5.32 Å². The highest BCUT2D eigenvalue weighted by atomic mass is 32.1. The van der Waals surface area contributed by atoms with Gasteiger partial charge in [-0.3, -0.25) is 9.59 Å². The highest BCUT2D eigenvalue weighted by Crippen LogP contribution is 2.28. The predicted octanol–water partition coefficient (Wildman–Crippen LogP) is 3.96. The molecule has 5 nitrogen and oxygen atoms in total. The number of aryl methyl sites for hydroxylation is 1. The van der Waals surface area contributed by atoms with Crippen LogP contribution in [0, 0.1) is 5.82 Å². The van der Waals surface area contributed by atoms with Crippen molar-refractivity contribution in [2.24, 2.45) is 0 Å². The largest absolute Gasteiger partial charge is 0.453 e. The molecule has 0 fully saturated rings. The van der Waals surface area contributed by atoms with Gasteiger partial charge in [-0.05, 0) is 48.4 Å². The van der Waals surface area contributed by atoms with Gasteiger partial charge < -0.3 is 10.1 Å². The molecule has 1 N–H and O–H groups in total. The first-order valence-corrected chi connectivity index (χ1v) is 9.14. The van der Waals surface area contributed by atoms with E-state index in [9.17, 15) is 18.8 Å². The number of benzene rings is 2. The molecule has 0 saturated heterocycles. The molecule has 7 heteroatoms. The summed E-state index contributed by atoms with van der Waals surface area (Å²) in [7, 11) is 0. The molecule has 0 bridgehead atoms. The highest BCUT2D eigenvalue weighted by Gasteiger charge is 2.19. The summed E-state index contributed by atoms with van der Waals surface area (Å²) in [5.41, 5.74) is 2.00. The molecule has 3 aromatic rings. The van der Waals surface area contributed by atoms with E-state index in [1.165, 1.54) is 12.1 Å². The van der Waals surface area contributed by atoms with E-state index in [4.69, 9.17) is 4.74 Å². The third kappa shape index (κ3) is 3.46. The number of halogens is 1. The van der Waals surface area contributed by atoms with E-state index in [0.717, 1.165) is 16.9 Å². The Bertz CT molecular complexity index is 1090. The van der Waals surface area contributed by atoms with Gasteiger partial charge >= 0.3 is 5.97 Å². The summed E-state index contributed by atoms with van der Waals surface area (Å²) in [6, 6.07) is 11.0. The van der Waals surface area contributed by atoms with Crippen LogP contribution in [0.4, 0.5) is 10.1 Å². The number of nitrogens with one attached hydrogen (secondary N) is 1. The van der Waals surface area contributed by atoms with E-state index in [-0.39, 0.29) is 16.6 Å². The zero-order valence-electron chi connectivity index (χ0n) is 14.1. The Kier molecular flexibility index (Phi) is 4.45. The Morgan fingerprint density at radius 3 is 2.81 bits per heavy atom. The Labute approximate surface area is 157 Å². The van der Waals surface area contributed by atoms with Crippen LogP contribution in [0.25, 0.3) is 10.1 Å². The number of thiophene rings is 1. The Balaban J connectivity index is 1.45. The number of ether oxygens (including phenoxy) is 1. The number of amides is 1. The Morgan fingerprint density at radius 2 is 2.00 bits per heavy atom. The third-order valence-corrected chi connectivity index (χ3v) is 5.45. The minimum absolute atomic E-state index is 0.0460. The van der Waals surface area contributed by atoms with E-state index in [1.807, 2.05) is 0 Å². The summed E-state index contributed by atoms with van der Waals surface area (Å²) in [5, 5.41) is 3.11. The zero-order chi connectivity index (χ0) is 19.0. The van der Waals surface area contributed by atoms with Gasteiger partial charge in [-0.25, -0.2) is 9.18 Å². The fraction of sp³-hybridized carbons (Fsp3) is 0.150. The van der Waals surface area contributed by atoms with Crippen LogP contribution in [0.5, 0.6) is 0 Å². The quantitative estimate of drug-likeness (QED) is 0.547. The smallest absolute Gasteiger partial charge is 0.348 e. The molecule has 0 radical (unpaired) electrons. The molecule has 0 aliphatic carbocycles. The average Bonchev–Trinajstić information content (AvgIpc) is 3.11. The number of carbonyl (C=O) groups excluding carboxylic acids is 3. The number of anilines is 1. The fourth-order valence-corrected chi connectivity index (χ4v) is 3.94. The number of hydrogen-bond donors (Lipinski definition) is 1. The molecule has 1 amide bonds. The minimum atomic E-state index is -0.658. The van der Waals surface area contributed by atoms with Crippen molar-refractivity contribution in [3.8, 4) is 0 Å². The molecule has 0 spiro atoms. The standard InChI is InChI=1S/C20H14FNO4S/c21-14-2-1-3-17-13(14)9-18(27-17)20(25)26-10-16(23)12-4-6-15-11(8-12)5-7-19(24)22-15/h1-4,6,8-9H,5,7,10H2,(H,22,24). The molecule has 136 valence electrons. The maximum atomic E-state index is 13.7. The van der Waals surface area contributed by atoms with Crippen LogP contribution in [-0.2, 0) is 16.0 Å². The summed E-state index contributed by atoms with van der Waals surface area (Å²) in [4.78, 5) is 36.2. The fourth-order valence-electron chi connectivity index (χ4n) is 2.97. The summed E-state index contributed by atoms with van der Waals surface area (Å²) in [6.07, 6.45) is 0.942. The lowest BCUT2D eigenvalue weighted by Gasteiger charge is -2.17. The normalized spacial score (nSPS) is 13.1. The van der Waals surface area contributed by atoms with Gasteiger partial charge in [-0.2, -0.15) is 0 Å². The predicted molar refractivity (Wildman–Crippen MR) is 99.8 cm³/mol. The van der Waals surface area contributed by atoms with Gasteiger partial charge in [-0.1, -0.05) is 6.07 Å². The number of fused-ring (bicyclic) bond motifs is 2. The monoisotopic (exact) mass is 383 g/mol. The highest BCUT2D eigenvalue weighted by molar-refractivity contribution is 7.20. The van der Waals surface area contributed by atoms with Crippen molar-refractivity contribution in [2.75, 3.05) is 11.9 Å². The maximum Gasteiger partial charge on any atom is 0.348 e. The third-order valence-electron chi connectivity index (χ3n) is 4.37. The molecule has 1 aliphatic heterocycles. The first-order chi connectivity index (χ1) is 13.0. The first-order valence-electron chi connectivity index (χ1n) is 8.32. The van der Waals surface area contributed by atoms with Crippen molar-refractivity contribution in [1.82, 2.24) is 0 Å². The number of ketones is 1. The molecule has 2 heterocycles. The second-order valence-corrected chi connectivity index (χ2v) is 7.27. The van der Waals surface area contributed by atoms with Crippen LogP contribution in [-0.4, -0.2) is 24.3 Å². The van der Waals surface area contributed by atoms with E-state index < -0.39 is 18.4 Å². The molecule has 1 aromatic heterocycles. The minimum Gasteiger partial charge on any atom is -0.453 e. The van der Waals surface area contributed by atoms with Gasteiger partial charge in [0.05, 0.1) is 0 Å². The van der Waals surface area contributed by atoms with Gasteiger partial charge in [0.15, 0.2) is 12.4 Å². The van der Waals surface area contributed by atoms with Crippen molar-refractivity contribution in [3.05, 3.63) is 64.3 Å². The molecule has 0 atom stereocenters. The summed E-state index contributed by atoms with van der Waals surface area (Å²) in [6.45, 7) is -0.402. The lowest BCUT2D eigenvalue weighted by atomic mass is 9.99. The van der Waals surface area contributed by atoms with Crippen molar-refractivity contribution < 1.29 is 23.5 Å². The molecular weight excluding hydrogens is 369 g/mol. The SMILES string of the molecule is O=C1CCc2cc(C(=O)COC(=O)c3cc4c(F)cccc4s3)ccc2N1. The molecule has 27 heavy (non-hydrogen) atoms. The van der Waals surface area contributed by atoms with E-state index in [0.29, 0.717) is 34.2 Å². The van der Waals surface area contributed by atoms with Crippen LogP contribution in [0.3, 0.4) is 0 Å². The number of esters is 1. The lowest BCUT2D eigenvalue weighted by Crippen LogP contribution is -2.20. The van der Waals surface area contributed by atoms with Gasteiger partial charge in [0.1, 0.15) is 10.7 Å². The molecule has 2 aromatic carbocycles. The number of Topliss-reactive ketones (excluding diaryl/α,β-unsaturated/α-hetero) is 1. The summed E-state index contributed by atoms with van der Waals surface area (Å²) >= 11 is 1.12. The first kappa shape index (κ1) is 17.4. The molecule has 0 unspecified atom stereocenters. The van der Waals surface area contributed by atoms with Gasteiger partial charge in [0.25, 0.3) is 0 Å². The van der Waals surface area contributed by atoms with Gasteiger partial charge in [-0.15, -0.1) is 11.3 Å². The van der Waals surface area contributed by atoms with Crippen molar-refractivity contribution >= 4 is 44.8 Å². The van der Waals surface area contributed by atoms with Crippen molar-refractivity contribution in [3.63, 3.8) is 0 Å². The van der Waals surface area contributed by atoms with Gasteiger partial charge in [0.2, 0.25) is 5.91 Å². The van der Waals surface area contributed by atoms with Crippen LogP contribution in [0.2, 0.25) is 0 Å². The van der Waals surface area contributed by atoms with Crippen LogP contribution < -0.4 is 5.32 Å². The molecule has 0 saturated carbocycles. The zero-order valence-corrected chi connectivity index (χ0v) is 14.9. The summed E-state index contributed by atoms with van der Waals surface area (Å²) < 4.78 is 19.5.